The summed E-state index contributed by atoms with van der Waals surface area (Å²) in [5.74, 6) is 0. The number of hydrogen-bond acceptors (Lipinski definition) is 2. The molecule has 30 heavy (non-hydrogen) atoms. The van der Waals surface area contributed by atoms with Gasteiger partial charge in [0.05, 0.1) is 6.21 Å². The highest BCUT2D eigenvalue weighted by Crippen LogP contribution is 2.16. The van der Waals surface area contributed by atoms with Crippen molar-refractivity contribution in [3.8, 4) is 0 Å². The molecule has 0 aliphatic rings. The number of hydrogen-bond donors (Lipinski definition) is 0. The van der Waals surface area contributed by atoms with E-state index in [4.69, 9.17) is 0 Å². The lowest BCUT2D eigenvalue weighted by atomic mass is 9.99. The quantitative estimate of drug-likeness (QED) is 0.279. The van der Waals surface area contributed by atoms with Crippen molar-refractivity contribution in [3.05, 3.63) is 107 Å². The Morgan fingerprint density at radius 1 is 0.867 bits per heavy atom. The SMILES string of the molecule is CCCc1ccccc1C=NN=C(c1ccccc1)c1ccc(CC(F)CC)cc1. The van der Waals surface area contributed by atoms with Crippen molar-refractivity contribution in [3.63, 3.8) is 0 Å². The second-order valence-corrected chi connectivity index (χ2v) is 7.41. The summed E-state index contributed by atoms with van der Waals surface area (Å²) in [7, 11) is 0. The molecule has 0 amide bonds. The topological polar surface area (TPSA) is 24.7 Å². The Labute approximate surface area is 179 Å². The summed E-state index contributed by atoms with van der Waals surface area (Å²) in [4.78, 5) is 0. The molecule has 0 saturated heterocycles. The molecular formula is C27H29FN2. The Morgan fingerprint density at radius 2 is 1.53 bits per heavy atom. The van der Waals surface area contributed by atoms with E-state index in [1.807, 2.05) is 73.8 Å². The number of halogens is 1. The van der Waals surface area contributed by atoms with Gasteiger partial charge in [-0.15, -0.1) is 5.10 Å². The van der Waals surface area contributed by atoms with Crippen molar-refractivity contribution >= 4 is 11.9 Å². The van der Waals surface area contributed by atoms with Crippen LogP contribution in [0.15, 0.2) is 89.1 Å². The van der Waals surface area contributed by atoms with Gasteiger partial charge in [0.2, 0.25) is 0 Å². The van der Waals surface area contributed by atoms with Crippen molar-refractivity contribution in [2.24, 2.45) is 10.2 Å². The Balaban J connectivity index is 1.90. The molecule has 0 N–H and O–H groups in total. The van der Waals surface area contributed by atoms with Gasteiger partial charge in [-0.25, -0.2) is 4.39 Å². The van der Waals surface area contributed by atoms with E-state index in [0.29, 0.717) is 12.8 Å². The highest BCUT2D eigenvalue weighted by atomic mass is 19.1. The smallest absolute Gasteiger partial charge is 0.104 e. The largest absolute Gasteiger partial charge is 0.247 e. The third-order valence-corrected chi connectivity index (χ3v) is 5.10. The maximum atomic E-state index is 13.7. The van der Waals surface area contributed by atoms with Crippen molar-refractivity contribution in [2.45, 2.75) is 45.7 Å². The van der Waals surface area contributed by atoms with Gasteiger partial charge in [0.1, 0.15) is 11.9 Å². The van der Waals surface area contributed by atoms with Gasteiger partial charge in [-0.05, 0) is 29.5 Å². The first-order valence-corrected chi connectivity index (χ1v) is 10.7. The second kappa shape index (κ2) is 11.2. The molecule has 0 aromatic heterocycles. The lowest BCUT2D eigenvalue weighted by Crippen LogP contribution is -2.05. The predicted octanol–water partition coefficient (Wildman–Crippen LogP) is 6.80. The van der Waals surface area contributed by atoms with Crippen LogP contribution in [0.5, 0.6) is 0 Å². The second-order valence-electron chi connectivity index (χ2n) is 7.41. The molecule has 0 saturated carbocycles. The van der Waals surface area contributed by atoms with Crippen LogP contribution in [0, 0.1) is 0 Å². The Bertz CT molecular complexity index is 975. The zero-order chi connectivity index (χ0) is 21.2. The monoisotopic (exact) mass is 400 g/mol. The van der Waals surface area contributed by atoms with E-state index in [0.717, 1.165) is 40.8 Å². The third kappa shape index (κ3) is 5.96. The highest BCUT2D eigenvalue weighted by Gasteiger charge is 2.09. The van der Waals surface area contributed by atoms with Crippen LogP contribution in [0.1, 0.15) is 54.5 Å². The molecule has 0 fully saturated rings. The molecule has 1 atom stereocenters. The summed E-state index contributed by atoms with van der Waals surface area (Å²) < 4.78 is 13.7. The van der Waals surface area contributed by atoms with E-state index in [9.17, 15) is 4.39 Å². The van der Waals surface area contributed by atoms with Crippen molar-refractivity contribution < 1.29 is 4.39 Å². The summed E-state index contributed by atoms with van der Waals surface area (Å²) in [5.41, 5.74) is 6.15. The molecule has 0 aliphatic heterocycles. The van der Waals surface area contributed by atoms with E-state index >= 15 is 0 Å². The average molecular weight is 401 g/mol. The van der Waals surface area contributed by atoms with Crippen molar-refractivity contribution in [2.75, 3.05) is 0 Å². The molecule has 0 spiro atoms. The van der Waals surface area contributed by atoms with Gasteiger partial charge in [-0.3, -0.25) is 0 Å². The molecule has 3 aromatic rings. The van der Waals surface area contributed by atoms with E-state index in [1.54, 1.807) is 0 Å². The molecule has 1 unspecified atom stereocenters. The zero-order valence-electron chi connectivity index (χ0n) is 17.8. The van der Waals surface area contributed by atoms with Gasteiger partial charge in [-0.2, -0.15) is 5.10 Å². The lowest BCUT2D eigenvalue weighted by Gasteiger charge is -2.09. The van der Waals surface area contributed by atoms with Gasteiger partial charge >= 0.3 is 0 Å². The molecule has 0 bridgehead atoms. The Hall–Kier alpha value is -3.07. The summed E-state index contributed by atoms with van der Waals surface area (Å²) in [6.45, 7) is 4.05. The molecule has 2 nitrogen and oxygen atoms in total. The Morgan fingerprint density at radius 3 is 2.23 bits per heavy atom. The van der Waals surface area contributed by atoms with Crippen LogP contribution < -0.4 is 0 Å². The van der Waals surface area contributed by atoms with Crippen LogP contribution in [0.2, 0.25) is 0 Å². The number of aryl methyl sites for hydroxylation is 1. The molecular weight excluding hydrogens is 371 g/mol. The number of nitrogens with zero attached hydrogens (tertiary/aromatic N) is 2. The fourth-order valence-electron chi connectivity index (χ4n) is 3.38. The molecule has 3 rings (SSSR count). The van der Waals surface area contributed by atoms with Crippen LogP contribution in [0.25, 0.3) is 0 Å². The molecule has 3 aromatic carbocycles. The van der Waals surface area contributed by atoms with Crippen LogP contribution in [-0.4, -0.2) is 18.1 Å². The van der Waals surface area contributed by atoms with Crippen LogP contribution >= 0.6 is 0 Å². The normalized spacial score (nSPS) is 13.0. The fraction of sp³-hybridized carbons (Fsp3) is 0.259. The number of benzene rings is 3. The van der Waals surface area contributed by atoms with Gasteiger partial charge in [-0.1, -0.05) is 99.1 Å². The number of alkyl halides is 1. The highest BCUT2D eigenvalue weighted by molar-refractivity contribution is 6.13. The molecule has 0 aliphatic carbocycles. The standard InChI is InChI=1S/C27H29FN2/c1-3-10-22-11-8-9-14-25(22)20-29-30-27(23-12-6-5-7-13-23)24-17-15-21(16-18-24)19-26(28)4-2/h5-9,11-18,20,26H,3-4,10,19H2,1-2H3. The van der Waals surface area contributed by atoms with Gasteiger partial charge in [0, 0.05) is 17.5 Å². The van der Waals surface area contributed by atoms with Crippen molar-refractivity contribution in [1.29, 1.82) is 0 Å². The molecule has 3 heteroatoms. The summed E-state index contributed by atoms with van der Waals surface area (Å²) in [5, 5.41) is 9.00. The lowest BCUT2D eigenvalue weighted by molar-refractivity contribution is 0.323. The van der Waals surface area contributed by atoms with Crippen LogP contribution in [0.4, 0.5) is 4.39 Å². The fourth-order valence-corrected chi connectivity index (χ4v) is 3.38. The van der Waals surface area contributed by atoms with E-state index < -0.39 is 6.17 Å². The van der Waals surface area contributed by atoms with E-state index in [-0.39, 0.29) is 0 Å². The number of rotatable bonds is 9. The summed E-state index contributed by atoms with van der Waals surface area (Å²) in [6, 6.07) is 26.3. The van der Waals surface area contributed by atoms with Gasteiger partial charge in [0.25, 0.3) is 0 Å². The van der Waals surface area contributed by atoms with E-state index in [1.165, 1.54) is 5.56 Å². The molecule has 0 heterocycles. The maximum Gasteiger partial charge on any atom is 0.104 e. The van der Waals surface area contributed by atoms with Gasteiger partial charge < -0.3 is 0 Å². The first kappa shape index (κ1) is 21.6. The minimum atomic E-state index is -0.800. The zero-order valence-corrected chi connectivity index (χ0v) is 17.8. The summed E-state index contributed by atoms with van der Waals surface area (Å²) >= 11 is 0. The van der Waals surface area contributed by atoms with Crippen molar-refractivity contribution in [1.82, 2.24) is 0 Å². The maximum absolute atomic E-state index is 13.7. The third-order valence-electron chi connectivity index (χ3n) is 5.10. The molecule has 154 valence electrons. The van der Waals surface area contributed by atoms with Gasteiger partial charge in [0.15, 0.2) is 0 Å². The van der Waals surface area contributed by atoms with E-state index in [2.05, 4.69) is 35.3 Å². The van der Waals surface area contributed by atoms with Crippen LogP contribution in [-0.2, 0) is 12.8 Å². The van der Waals surface area contributed by atoms with Crippen LogP contribution in [0.3, 0.4) is 0 Å². The minimum Gasteiger partial charge on any atom is -0.247 e. The Kier molecular flexibility index (Phi) is 8.08. The summed E-state index contributed by atoms with van der Waals surface area (Å²) in [6.07, 6.45) is 4.12. The predicted molar refractivity (Wildman–Crippen MR) is 125 cm³/mol. The average Bonchev–Trinajstić information content (AvgIpc) is 2.79. The first-order chi connectivity index (χ1) is 14.7. The molecule has 0 radical (unpaired) electrons. The minimum absolute atomic E-state index is 0.445. The first-order valence-electron chi connectivity index (χ1n) is 10.7.